The van der Waals surface area contributed by atoms with Crippen molar-refractivity contribution < 1.29 is 5.11 Å². The van der Waals surface area contributed by atoms with Crippen LogP contribution in [-0.4, -0.2) is 27.7 Å². The lowest BCUT2D eigenvalue weighted by Crippen LogP contribution is -2.29. The third-order valence-corrected chi connectivity index (χ3v) is 3.15. The number of hydrogen-bond donors (Lipinski definition) is 3. The molecule has 4 nitrogen and oxygen atoms in total. The van der Waals surface area contributed by atoms with Crippen LogP contribution in [-0.2, 0) is 6.54 Å². The molecule has 0 aliphatic heterocycles. The van der Waals surface area contributed by atoms with Crippen LogP contribution in [0, 0.1) is 0 Å². The minimum atomic E-state index is 0.0735. The minimum absolute atomic E-state index is 0.0735. The third kappa shape index (κ3) is 3.41. The average molecular weight is 310 g/mol. The van der Waals surface area contributed by atoms with Gasteiger partial charge in [0.15, 0.2) is 0 Å². The highest BCUT2D eigenvalue weighted by Gasteiger charge is 2.05. The van der Waals surface area contributed by atoms with Gasteiger partial charge < -0.3 is 15.4 Å². The molecule has 0 fully saturated rings. The van der Waals surface area contributed by atoms with Crippen molar-refractivity contribution in [1.82, 2.24) is 15.3 Å². The van der Waals surface area contributed by atoms with E-state index >= 15 is 0 Å². The van der Waals surface area contributed by atoms with Gasteiger partial charge in [0, 0.05) is 16.1 Å². The molecule has 2 aromatic rings. The Hall–Kier alpha value is -1.17. The molecule has 2 rings (SSSR count). The molecule has 0 saturated carbocycles. The Labute approximate surface area is 115 Å². The summed E-state index contributed by atoms with van der Waals surface area (Å²) in [5, 5.41) is 12.1. The van der Waals surface area contributed by atoms with E-state index in [-0.39, 0.29) is 12.6 Å². The number of hydrogen-bond acceptors (Lipinski definition) is 3. The molecule has 0 aliphatic carbocycles. The van der Waals surface area contributed by atoms with E-state index in [0.29, 0.717) is 6.54 Å². The maximum Gasteiger partial charge on any atom is 0.120 e. The SMILES string of the molecule is C[C@H](CO)NCc1ncc(-c2cccc(Br)c2)[nH]1. The van der Waals surface area contributed by atoms with Gasteiger partial charge in [0.05, 0.1) is 25.0 Å². The summed E-state index contributed by atoms with van der Waals surface area (Å²) in [5.74, 6) is 0.866. The van der Waals surface area contributed by atoms with Crippen molar-refractivity contribution in [3.05, 3.63) is 40.8 Å². The zero-order valence-electron chi connectivity index (χ0n) is 10.2. The topological polar surface area (TPSA) is 60.9 Å². The van der Waals surface area contributed by atoms with Gasteiger partial charge in [-0.2, -0.15) is 0 Å². The standard InChI is InChI=1S/C13H16BrN3O/c1-9(8-18)15-7-13-16-6-12(17-13)10-3-2-4-11(14)5-10/h2-6,9,15,18H,7-8H2,1H3,(H,16,17)/t9-/m1/s1. The first-order chi connectivity index (χ1) is 8.69. The van der Waals surface area contributed by atoms with Crippen molar-refractivity contribution in [2.45, 2.75) is 19.5 Å². The summed E-state index contributed by atoms with van der Waals surface area (Å²) in [6, 6.07) is 8.13. The van der Waals surface area contributed by atoms with Crippen LogP contribution in [0.5, 0.6) is 0 Å². The van der Waals surface area contributed by atoms with E-state index in [1.54, 1.807) is 0 Å². The summed E-state index contributed by atoms with van der Waals surface area (Å²) >= 11 is 3.45. The van der Waals surface area contributed by atoms with Gasteiger partial charge in [-0.1, -0.05) is 28.1 Å². The van der Waals surface area contributed by atoms with Gasteiger partial charge in [0.25, 0.3) is 0 Å². The van der Waals surface area contributed by atoms with Crippen molar-refractivity contribution in [1.29, 1.82) is 0 Å². The molecule has 1 aromatic carbocycles. The molecule has 1 aromatic heterocycles. The molecular weight excluding hydrogens is 294 g/mol. The predicted octanol–water partition coefficient (Wildman–Crippen LogP) is 2.31. The maximum absolute atomic E-state index is 8.93. The number of H-pyrrole nitrogens is 1. The summed E-state index contributed by atoms with van der Waals surface area (Å²) < 4.78 is 1.04. The average Bonchev–Trinajstić information content (AvgIpc) is 2.84. The molecule has 0 radical (unpaired) electrons. The molecule has 1 atom stereocenters. The van der Waals surface area contributed by atoms with E-state index in [2.05, 4.69) is 31.2 Å². The number of rotatable bonds is 5. The van der Waals surface area contributed by atoms with Gasteiger partial charge in [0.2, 0.25) is 0 Å². The van der Waals surface area contributed by atoms with Gasteiger partial charge in [0.1, 0.15) is 5.82 Å². The van der Waals surface area contributed by atoms with E-state index in [0.717, 1.165) is 21.6 Å². The van der Waals surface area contributed by atoms with Crippen molar-refractivity contribution in [3.63, 3.8) is 0 Å². The van der Waals surface area contributed by atoms with E-state index in [4.69, 9.17) is 5.11 Å². The van der Waals surface area contributed by atoms with Crippen LogP contribution in [0.25, 0.3) is 11.3 Å². The van der Waals surface area contributed by atoms with E-state index in [9.17, 15) is 0 Å². The second-order valence-corrected chi connectivity index (χ2v) is 5.13. The lowest BCUT2D eigenvalue weighted by molar-refractivity contribution is 0.250. The van der Waals surface area contributed by atoms with Crippen molar-refractivity contribution in [2.24, 2.45) is 0 Å². The number of aromatic amines is 1. The highest BCUT2D eigenvalue weighted by molar-refractivity contribution is 9.10. The van der Waals surface area contributed by atoms with Crippen molar-refractivity contribution >= 4 is 15.9 Å². The highest BCUT2D eigenvalue weighted by Crippen LogP contribution is 2.21. The molecule has 0 aliphatic rings. The van der Waals surface area contributed by atoms with Gasteiger partial charge in [-0.3, -0.25) is 0 Å². The largest absolute Gasteiger partial charge is 0.395 e. The molecule has 3 N–H and O–H groups in total. The van der Waals surface area contributed by atoms with Gasteiger partial charge in [-0.05, 0) is 19.1 Å². The summed E-state index contributed by atoms with van der Waals surface area (Å²) in [6.07, 6.45) is 1.82. The van der Waals surface area contributed by atoms with Gasteiger partial charge in [-0.25, -0.2) is 4.98 Å². The number of aliphatic hydroxyl groups is 1. The first-order valence-electron chi connectivity index (χ1n) is 5.83. The van der Waals surface area contributed by atoms with Gasteiger partial charge in [-0.15, -0.1) is 0 Å². The Kier molecular flexibility index (Phi) is 4.52. The Bertz CT molecular complexity index is 512. The second-order valence-electron chi connectivity index (χ2n) is 4.22. The third-order valence-electron chi connectivity index (χ3n) is 2.66. The van der Waals surface area contributed by atoms with Crippen LogP contribution in [0.3, 0.4) is 0 Å². The fourth-order valence-electron chi connectivity index (χ4n) is 1.59. The summed E-state index contributed by atoms with van der Waals surface area (Å²) in [4.78, 5) is 7.57. The van der Waals surface area contributed by atoms with Gasteiger partial charge >= 0.3 is 0 Å². The molecule has 0 amide bonds. The maximum atomic E-state index is 8.93. The van der Waals surface area contributed by atoms with Crippen molar-refractivity contribution in [2.75, 3.05) is 6.61 Å². The van der Waals surface area contributed by atoms with Crippen LogP contribution in [0.1, 0.15) is 12.7 Å². The lowest BCUT2D eigenvalue weighted by atomic mass is 10.2. The number of aliphatic hydroxyl groups excluding tert-OH is 1. The Morgan fingerprint density at radius 2 is 2.33 bits per heavy atom. The molecule has 0 bridgehead atoms. The van der Waals surface area contributed by atoms with Crippen molar-refractivity contribution in [3.8, 4) is 11.3 Å². The molecule has 0 saturated heterocycles. The Balaban J connectivity index is 2.06. The Morgan fingerprint density at radius 3 is 3.06 bits per heavy atom. The first kappa shape index (κ1) is 13.3. The van der Waals surface area contributed by atoms with E-state index in [1.807, 2.05) is 37.4 Å². The molecular formula is C13H16BrN3O. The predicted molar refractivity (Wildman–Crippen MR) is 75.1 cm³/mol. The second kappa shape index (κ2) is 6.13. The molecule has 0 spiro atoms. The fourth-order valence-corrected chi connectivity index (χ4v) is 1.99. The molecule has 18 heavy (non-hydrogen) atoms. The fraction of sp³-hybridized carbons (Fsp3) is 0.308. The first-order valence-corrected chi connectivity index (χ1v) is 6.62. The number of halogens is 1. The van der Waals surface area contributed by atoms with E-state index < -0.39 is 0 Å². The molecule has 1 heterocycles. The Morgan fingerprint density at radius 1 is 1.50 bits per heavy atom. The number of imidazole rings is 1. The molecule has 5 heteroatoms. The number of nitrogens with zero attached hydrogens (tertiary/aromatic N) is 1. The minimum Gasteiger partial charge on any atom is -0.395 e. The van der Waals surface area contributed by atoms with Crippen LogP contribution in [0.15, 0.2) is 34.9 Å². The quantitative estimate of drug-likeness (QED) is 0.794. The summed E-state index contributed by atoms with van der Waals surface area (Å²) in [6.45, 7) is 2.67. The van der Waals surface area contributed by atoms with Crippen LogP contribution in [0.4, 0.5) is 0 Å². The number of aromatic nitrogens is 2. The zero-order valence-corrected chi connectivity index (χ0v) is 11.7. The summed E-state index contributed by atoms with van der Waals surface area (Å²) in [5.41, 5.74) is 2.09. The summed E-state index contributed by atoms with van der Waals surface area (Å²) in [7, 11) is 0. The van der Waals surface area contributed by atoms with Crippen LogP contribution in [0.2, 0.25) is 0 Å². The zero-order chi connectivity index (χ0) is 13.0. The number of benzene rings is 1. The molecule has 96 valence electrons. The normalized spacial score (nSPS) is 12.6. The monoisotopic (exact) mass is 309 g/mol. The smallest absolute Gasteiger partial charge is 0.120 e. The molecule has 0 unspecified atom stereocenters. The van der Waals surface area contributed by atoms with E-state index in [1.165, 1.54) is 0 Å². The van der Waals surface area contributed by atoms with Crippen LogP contribution < -0.4 is 5.32 Å². The highest BCUT2D eigenvalue weighted by atomic mass is 79.9. The number of nitrogens with one attached hydrogen (secondary N) is 2. The lowest BCUT2D eigenvalue weighted by Gasteiger charge is -2.08. The van der Waals surface area contributed by atoms with Crippen LogP contribution >= 0.6 is 15.9 Å².